The van der Waals surface area contributed by atoms with Gasteiger partial charge in [0.2, 0.25) is 0 Å². The summed E-state index contributed by atoms with van der Waals surface area (Å²) in [6.07, 6.45) is 0.326. The zero-order chi connectivity index (χ0) is 23.8. The maximum atomic E-state index is 12.2. The van der Waals surface area contributed by atoms with Gasteiger partial charge in [0.1, 0.15) is 6.61 Å². The first kappa shape index (κ1) is 23.1. The molecule has 5 nitrogen and oxygen atoms in total. The number of amides is 1. The van der Waals surface area contributed by atoms with E-state index in [2.05, 4.69) is 41.4 Å². The van der Waals surface area contributed by atoms with Gasteiger partial charge in [0.25, 0.3) is 0 Å². The van der Waals surface area contributed by atoms with Crippen molar-refractivity contribution in [1.29, 1.82) is 0 Å². The lowest BCUT2D eigenvalue weighted by Gasteiger charge is -2.14. The van der Waals surface area contributed by atoms with Crippen LogP contribution in [0.2, 0.25) is 0 Å². The molecule has 0 atom stereocenters. The normalized spacial score (nSPS) is 11.6. The standard InChI is InChI=1S/C29H27NO4/c1-2-33-28(31)19-22-16-14-21(15-17-22)9-7-8-18-30-29(32)34-20-27-25-12-5-3-10-23(25)24-11-4-6-13-26(24)27/h3-6,10-17,27H,2,8,18-20H2,1H3,(H,30,32). The first-order chi connectivity index (χ1) is 16.7. The molecule has 0 radical (unpaired) electrons. The first-order valence-electron chi connectivity index (χ1n) is 11.5. The molecule has 0 saturated heterocycles. The number of nitrogens with one attached hydrogen (secondary N) is 1. The van der Waals surface area contributed by atoms with E-state index in [4.69, 9.17) is 9.47 Å². The average Bonchev–Trinajstić information content (AvgIpc) is 3.17. The van der Waals surface area contributed by atoms with E-state index in [0.29, 0.717) is 26.2 Å². The summed E-state index contributed by atoms with van der Waals surface area (Å²) in [5, 5.41) is 2.77. The number of hydrogen-bond acceptors (Lipinski definition) is 4. The van der Waals surface area contributed by atoms with Gasteiger partial charge in [-0.25, -0.2) is 4.79 Å². The van der Waals surface area contributed by atoms with E-state index in [1.54, 1.807) is 6.92 Å². The van der Waals surface area contributed by atoms with Crippen LogP contribution in [0.25, 0.3) is 11.1 Å². The van der Waals surface area contributed by atoms with Crippen molar-refractivity contribution < 1.29 is 19.1 Å². The third kappa shape index (κ3) is 5.65. The van der Waals surface area contributed by atoms with Crippen LogP contribution < -0.4 is 5.32 Å². The lowest BCUT2D eigenvalue weighted by Crippen LogP contribution is -2.26. The molecule has 3 aromatic rings. The number of esters is 1. The van der Waals surface area contributed by atoms with Gasteiger partial charge < -0.3 is 14.8 Å². The molecular formula is C29H27NO4. The largest absolute Gasteiger partial charge is 0.466 e. The van der Waals surface area contributed by atoms with Crippen molar-refractivity contribution in [3.8, 4) is 23.0 Å². The average molecular weight is 454 g/mol. The molecule has 1 aliphatic rings. The number of ether oxygens (including phenoxy) is 2. The lowest BCUT2D eigenvalue weighted by atomic mass is 9.98. The van der Waals surface area contributed by atoms with Crippen LogP contribution in [0.5, 0.6) is 0 Å². The van der Waals surface area contributed by atoms with Crippen LogP contribution in [0.1, 0.15) is 41.5 Å². The summed E-state index contributed by atoms with van der Waals surface area (Å²) >= 11 is 0. The van der Waals surface area contributed by atoms with Crippen LogP contribution in [0.3, 0.4) is 0 Å². The molecule has 172 valence electrons. The maximum absolute atomic E-state index is 12.2. The fraction of sp³-hybridized carbons (Fsp3) is 0.241. The second-order valence-electron chi connectivity index (χ2n) is 7.98. The Hall–Kier alpha value is -4.04. The molecule has 1 aliphatic carbocycles. The summed E-state index contributed by atoms with van der Waals surface area (Å²) in [7, 11) is 0. The number of carbonyl (C=O) groups excluding carboxylic acids is 2. The third-order valence-corrected chi connectivity index (χ3v) is 5.70. The highest BCUT2D eigenvalue weighted by Gasteiger charge is 2.28. The van der Waals surface area contributed by atoms with E-state index >= 15 is 0 Å². The number of alkyl carbamates (subject to hydrolysis) is 1. The van der Waals surface area contributed by atoms with E-state index in [9.17, 15) is 9.59 Å². The molecule has 3 aromatic carbocycles. The Kier molecular flexibility index (Phi) is 7.62. The second-order valence-corrected chi connectivity index (χ2v) is 7.98. The van der Waals surface area contributed by atoms with Gasteiger partial charge in [-0.3, -0.25) is 4.79 Å². The molecule has 4 rings (SSSR count). The molecular weight excluding hydrogens is 426 g/mol. The Labute approximate surface area is 200 Å². The SMILES string of the molecule is CCOC(=O)Cc1ccc(C#CCCNC(=O)OCC2c3ccccc3-c3ccccc32)cc1. The minimum Gasteiger partial charge on any atom is -0.466 e. The summed E-state index contributed by atoms with van der Waals surface area (Å²) in [5.41, 5.74) is 6.54. The molecule has 0 aliphatic heterocycles. The van der Waals surface area contributed by atoms with Gasteiger partial charge in [-0.15, -0.1) is 0 Å². The monoisotopic (exact) mass is 453 g/mol. The first-order valence-corrected chi connectivity index (χ1v) is 11.5. The number of benzene rings is 3. The van der Waals surface area contributed by atoms with E-state index in [1.165, 1.54) is 22.3 Å². The molecule has 1 amide bonds. The van der Waals surface area contributed by atoms with Crippen molar-refractivity contribution in [3.63, 3.8) is 0 Å². The van der Waals surface area contributed by atoms with Gasteiger partial charge in [0.15, 0.2) is 0 Å². The number of hydrogen-bond donors (Lipinski definition) is 1. The van der Waals surface area contributed by atoms with Crippen LogP contribution in [-0.4, -0.2) is 31.8 Å². The highest BCUT2D eigenvalue weighted by Crippen LogP contribution is 2.44. The topological polar surface area (TPSA) is 64.6 Å². The molecule has 0 saturated carbocycles. The Bertz CT molecular complexity index is 1180. The summed E-state index contributed by atoms with van der Waals surface area (Å²) in [4.78, 5) is 23.7. The number of rotatable bonds is 7. The smallest absolute Gasteiger partial charge is 0.407 e. The van der Waals surface area contributed by atoms with E-state index in [0.717, 1.165) is 11.1 Å². The summed E-state index contributed by atoms with van der Waals surface area (Å²) in [5.74, 6) is 5.92. The zero-order valence-corrected chi connectivity index (χ0v) is 19.2. The van der Waals surface area contributed by atoms with Gasteiger partial charge in [-0.2, -0.15) is 0 Å². The molecule has 0 heterocycles. The predicted octanol–water partition coefficient (Wildman–Crippen LogP) is 5.07. The van der Waals surface area contributed by atoms with E-state index < -0.39 is 6.09 Å². The minimum atomic E-state index is -0.438. The number of fused-ring (bicyclic) bond motifs is 3. The quantitative estimate of drug-likeness (QED) is 0.308. The third-order valence-electron chi connectivity index (χ3n) is 5.70. The Morgan fingerprint density at radius 1 is 0.882 bits per heavy atom. The molecule has 1 N–H and O–H groups in total. The summed E-state index contributed by atoms with van der Waals surface area (Å²) in [6.45, 7) is 2.87. The fourth-order valence-electron chi connectivity index (χ4n) is 4.13. The van der Waals surface area contributed by atoms with Gasteiger partial charge in [0, 0.05) is 24.4 Å². The van der Waals surface area contributed by atoms with Crippen molar-refractivity contribution in [1.82, 2.24) is 5.32 Å². The molecule has 0 unspecified atom stereocenters. The van der Waals surface area contributed by atoms with E-state index in [-0.39, 0.29) is 18.3 Å². The van der Waals surface area contributed by atoms with Crippen molar-refractivity contribution in [2.75, 3.05) is 19.8 Å². The summed E-state index contributed by atoms with van der Waals surface area (Å²) < 4.78 is 10.5. The summed E-state index contributed by atoms with van der Waals surface area (Å²) in [6, 6.07) is 24.0. The maximum Gasteiger partial charge on any atom is 0.407 e. The highest BCUT2D eigenvalue weighted by molar-refractivity contribution is 5.79. The van der Waals surface area contributed by atoms with Crippen molar-refractivity contribution in [3.05, 3.63) is 95.1 Å². The van der Waals surface area contributed by atoms with Crippen LogP contribution in [0.15, 0.2) is 72.8 Å². The molecule has 5 heteroatoms. The van der Waals surface area contributed by atoms with Gasteiger partial charge in [-0.05, 0) is 46.9 Å². The molecule has 0 bridgehead atoms. The van der Waals surface area contributed by atoms with Crippen LogP contribution in [0.4, 0.5) is 4.79 Å². The lowest BCUT2D eigenvalue weighted by molar-refractivity contribution is -0.142. The van der Waals surface area contributed by atoms with Crippen molar-refractivity contribution >= 4 is 12.1 Å². The van der Waals surface area contributed by atoms with Gasteiger partial charge in [-0.1, -0.05) is 72.5 Å². The van der Waals surface area contributed by atoms with Gasteiger partial charge >= 0.3 is 12.1 Å². The predicted molar refractivity (Wildman–Crippen MR) is 131 cm³/mol. The van der Waals surface area contributed by atoms with Crippen molar-refractivity contribution in [2.24, 2.45) is 0 Å². The van der Waals surface area contributed by atoms with Crippen LogP contribution in [0, 0.1) is 11.8 Å². The fourth-order valence-corrected chi connectivity index (χ4v) is 4.13. The molecule has 0 aromatic heterocycles. The van der Waals surface area contributed by atoms with E-state index in [1.807, 2.05) is 48.5 Å². The van der Waals surface area contributed by atoms with Crippen LogP contribution in [-0.2, 0) is 20.7 Å². The molecule has 0 spiro atoms. The molecule has 34 heavy (non-hydrogen) atoms. The second kappa shape index (κ2) is 11.2. The zero-order valence-electron chi connectivity index (χ0n) is 19.2. The Morgan fingerprint density at radius 2 is 1.53 bits per heavy atom. The van der Waals surface area contributed by atoms with Crippen molar-refractivity contribution in [2.45, 2.75) is 25.7 Å². The Balaban J connectivity index is 1.22. The molecule has 0 fully saturated rings. The number of carbonyl (C=O) groups is 2. The minimum absolute atomic E-state index is 0.0461. The van der Waals surface area contributed by atoms with Gasteiger partial charge in [0.05, 0.1) is 13.0 Å². The highest BCUT2D eigenvalue weighted by atomic mass is 16.5. The Morgan fingerprint density at radius 3 is 2.18 bits per heavy atom. The van der Waals surface area contributed by atoms with Crippen LogP contribution >= 0.6 is 0 Å².